The minimum absolute atomic E-state index is 0.155. The maximum Gasteiger partial charge on any atom is 0.326 e. The number of aliphatic carboxylic acids is 1. The first-order chi connectivity index (χ1) is 12.3. The molecule has 0 fully saturated rings. The van der Waals surface area contributed by atoms with E-state index in [9.17, 15) is 14.7 Å². The molecule has 138 valence electrons. The highest BCUT2D eigenvalue weighted by atomic mass is 35.5. The summed E-state index contributed by atoms with van der Waals surface area (Å²) in [7, 11) is 0. The van der Waals surface area contributed by atoms with Gasteiger partial charge in [-0.15, -0.1) is 0 Å². The summed E-state index contributed by atoms with van der Waals surface area (Å²) in [6, 6.07) is 10.7. The second kappa shape index (κ2) is 9.12. The predicted octanol–water partition coefficient (Wildman–Crippen LogP) is 4.23. The molecule has 1 amide bonds. The Morgan fingerprint density at radius 3 is 2.31 bits per heavy atom. The van der Waals surface area contributed by atoms with Crippen LogP contribution in [0.1, 0.15) is 12.5 Å². The van der Waals surface area contributed by atoms with Crippen molar-refractivity contribution in [3.63, 3.8) is 0 Å². The number of hydrogen-bond donors (Lipinski definition) is 2. The quantitative estimate of drug-likeness (QED) is 0.662. The Morgan fingerprint density at radius 2 is 1.69 bits per heavy atom. The molecule has 0 bridgehead atoms. The minimum Gasteiger partial charge on any atom is -0.480 e. The lowest BCUT2D eigenvalue weighted by atomic mass is 10.1. The summed E-state index contributed by atoms with van der Waals surface area (Å²) in [6.07, 6.45) is -0.829. The zero-order valence-corrected chi connectivity index (χ0v) is 16.0. The lowest BCUT2D eigenvalue weighted by molar-refractivity contribution is -0.142. The number of carboxylic acid groups (broad SMARTS) is 1. The molecule has 0 aliphatic carbocycles. The minimum atomic E-state index is -1.14. The molecule has 26 heavy (non-hydrogen) atoms. The molecule has 0 saturated carbocycles. The maximum absolute atomic E-state index is 12.3. The van der Waals surface area contributed by atoms with Crippen molar-refractivity contribution >= 4 is 46.7 Å². The molecule has 2 N–H and O–H groups in total. The van der Waals surface area contributed by atoms with Crippen molar-refractivity contribution in [2.75, 3.05) is 0 Å². The van der Waals surface area contributed by atoms with Gasteiger partial charge in [-0.05, 0) is 18.6 Å². The molecular formula is C18H16Cl3NO4. The van der Waals surface area contributed by atoms with Crippen molar-refractivity contribution in [3.05, 3.63) is 63.1 Å². The van der Waals surface area contributed by atoms with E-state index in [0.29, 0.717) is 0 Å². The highest BCUT2D eigenvalue weighted by molar-refractivity contribution is 6.43. The molecule has 2 atom stereocenters. The number of amides is 1. The fraction of sp³-hybridized carbons (Fsp3) is 0.222. The van der Waals surface area contributed by atoms with Gasteiger partial charge in [-0.1, -0.05) is 65.1 Å². The van der Waals surface area contributed by atoms with Crippen LogP contribution in [0.25, 0.3) is 0 Å². The highest BCUT2D eigenvalue weighted by Crippen LogP contribution is 2.34. The molecule has 5 nitrogen and oxygen atoms in total. The number of ether oxygens (including phenoxy) is 1. The van der Waals surface area contributed by atoms with Crippen LogP contribution >= 0.6 is 34.8 Å². The third-order valence-electron chi connectivity index (χ3n) is 3.55. The lowest BCUT2D eigenvalue weighted by Crippen LogP contribution is -2.47. The van der Waals surface area contributed by atoms with Gasteiger partial charge in [0.05, 0.1) is 15.1 Å². The molecule has 0 radical (unpaired) electrons. The normalized spacial score (nSPS) is 12.9. The largest absolute Gasteiger partial charge is 0.480 e. The standard InChI is InChI=1S/C18H16Cl3NO4/c1-10(26-16-9-13(20)12(19)8-14(16)21)17(23)22-15(18(24)25)7-11-5-3-2-4-6-11/h2-6,8-10,15H,7H2,1H3,(H,22,23)(H,24,25)/t10-,15+/m0/s1. The van der Waals surface area contributed by atoms with E-state index in [0.717, 1.165) is 5.56 Å². The van der Waals surface area contributed by atoms with Gasteiger partial charge < -0.3 is 15.2 Å². The van der Waals surface area contributed by atoms with Crippen molar-refractivity contribution in [1.29, 1.82) is 0 Å². The van der Waals surface area contributed by atoms with E-state index in [4.69, 9.17) is 39.5 Å². The van der Waals surface area contributed by atoms with Gasteiger partial charge >= 0.3 is 5.97 Å². The predicted molar refractivity (Wildman–Crippen MR) is 101 cm³/mol. The Bertz CT molecular complexity index is 799. The third kappa shape index (κ3) is 5.53. The highest BCUT2D eigenvalue weighted by Gasteiger charge is 2.25. The molecule has 0 saturated heterocycles. The molecule has 2 aromatic rings. The van der Waals surface area contributed by atoms with Crippen LogP contribution in [0.2, 0.25) is 15.1 Å². The van der Waals surface area contributed by atoms with Crippen molar-refractivity contribution in [2.24, 2.45) is 0 Å². The fourth-order valence-electron chi connectivity index (χ4n) is 2.18. The third-order valence-corrected chi connectivity index (χ3v) is 4.56. The van der Waals surface area contributed by atoms with Crippen molar-refractivity contribution in [3.8, 4) is 5.75 Å². The summed E-state index contributed by atoms with van der Waals surface area (Å²) in [5.74, 6) is -1.55. The molecule has 0 heterocycles. The van der Waals surface area contributed by atoms with Crippen molar-refractivity contribution in [1.82, 2.24) is 5.32 Å². The SMILES string of the molecule is C[C@H](Oc1cc(Cl)c(Cl)cc1Cl)C(=O)N[C@H](Cc1ccccc1)C(=O)O. The molecular weight excluding hydrogens is 401 g/mol. The summed E-state index contributed by atoms with van der Waals surface area (Å²) in [4.78, 5) is 23.8. The zero-order chi connectivity index (χ0) is 19.3. The number of nitrogens with one attached hydrogen (secondary N) is 1. The number of rotatable bonds is 7. The van der Waals surface area contributed by atoms with Crippen LogP contribution in [0.3, 0.4) is 0 Å². The lowest BCUT2D eigenvalue weighted by Gasteiger charge is -2.19. The van der Waals surface area contributed by atoms with Crippen LogP contribution in [0.15, 0.2) is 42.5 Å². The Labute approximate surface area is 165 Å². The van der Waals surface area contributed by atoms with Crippen LogP contribution in [0.5, 0.6) is 5.75 Å². The second-order valence-corrected chi connectivity index (χ2v) is 6.77. The summed E-state index contributed by atoms with van der Waals surface area (Å²) < 4.78 is 5.49. The van der Waals surface area contributed by atoms with Crippen LogP contribution in [0.4, 0.5) is 0 Å². The Hall–Kier alpha value is -1.95. The van der Waals surface area contributed by atoms with Crippen LogP contribution < -0.4 is 10.1 Å². The van der Waals surface area contributed by atoms with Crippen LogP contribution in [-0.4, -0.2) is 29.1 Å². The van der Waals surface area contributed by atoms with Gasteiger partial charge in [-0.3, -0.25) is 4.79 Å². The van der Waals surface area contributed by atoms with E-state index in [-0.39, 0.29) is 27.2 Å². The van der Waals surface area contributed by atoms with E-state index in [1.807, 2.05) is 6.07 Å². The number of halogens is 3. The first-order valence-corrected chi connectivity index (χ1v) is 8.79. The maximum atomic E-state index is 12.3. The van der Waals surface area contributed by atoms with Gasteiger partial charge in [0.25, 0.3) is 5.91 Å². The average Bonchev–Trinajstić information content (AvgIpc) is 2.59. The summed E-state index contributed by atoms with van der Waals surface area (Å²) in [5.41, 5.74) is 0.793. The first kappa shape index (κ1) is 20.4. The van der Waals surface area contributed by atoms with E-state index in [1.54, 1.807) is 24.3 Å². The second-order valence-electron chi connectivity index (χ2n) is 5.55. The van der Waals surface area contributed by atoms with Gasteiger partial charge in [0.15, 0.2) is 6.10 Å². The molecule has 2 aromatic carbocycles. The van der Waals surface area contributed by atoms with Gasteiger partial charge in [-0.2, -0.15) is 0 Å². The molecule has 0 aliphatic rings. The summed E-state index contributed by atoms with van der Waals surface area (Å²) >= 11 is 17.8. The van der Waals surface area contributed by atoms with Gasteiger partial charge in [-0.25, -0.2) is 4.79 Å². The fourth-order valence-corrected chi connectivity index (χ4v) is 2.76. The number of hydrogen-bond acceptors (Lipinski definition) is 3. The Kier molecular flexibility index (Phi) is 7.14. The van der Waals surface area contributed by atoms with E-state index in [2.05, 4.69) is 5.32 Å². The average molecular weight is 417 g/mol. The van der Waals surface area contributed by atoms with Gasteiger partial charge in [0, 0.05) is 12.5 Å². The Morgan fingerprint density at radius 1 is 1.08 bits per heavy atom. The molecule has 8 heteroatoms. The van der Waals surface area contributed by atoms with Crippen LogP contribution in [0, 0.1) is 0 Å². The molecule has 2 rings (SSSR count). The smallest absolute Gasteiger partial charge is 0.326 e. The zero-order valence-electron chi connectivity index (χ0n) is 13.7. The van der Waals surface area contributed by atoms with E-state index < -0.39 is 24.0 Å². The number of carbonyl (C=O) groups is 2. The first-order valence-electron chi connectivity index (χ1n) is 7.66. The van der Waals surface area contributed by atoms with Crippen molar-refractivity contribution in [2.45, 2.75) is 25.5 Å². The van der Waals surface area contributed by atoms with Crippen molar-refractivity contribution < 1.29 is 19.4 Å². The summed E-state index contributed by atoms with van der Waals surface area (Å²) in [5, 5.41) is 12.5. The van der Waals surface area contributed by atoms with Gasteiger partial charge in [0.2, 0.25) is 0 Å². The number of carboxylic acids is 1. The van der Waals surface area contributed by atoms with E-state index in [1.165, 1.54) is 19.1 Å². The monoisotopic (exact) mass is 415 g/mol. The Balaban J connectivity index is 2.04. The van der Waals surface area contributed by atoms with E-state index >= 15 is 0 Å². The number of benzene rings is 2. The topological polar surface area (TPSA) is 75.6 Å². The number of carbonyl (C=O) groups excluding carboxylic acids is 1. The molecule has 0 spiro atoms. The molecule has 0 aliphatic heterocycles. The van der Waals surface area contributed by atoms with Gasteiger partial charge in [0.1, 0.15) is 11.8 Å². The molecule has 0 aromatic heterocycles. The van der Waals surface area contributed by atoms with Crippen LogP contribution in [-0.2, 0) is 16.0 Å². The molecule has 0 unspecified atom stereocenters. The summed E-state index contributed by atoms with van der Waals surface area (Å²) in [6.45, 7) is 1.48.